The Morgan fingerprint density at radius 3 is 3.04 bits per heavy atom. The van der Waals surface area contributed by atoms with Crippen molar-refractivity contribution in [3.8, 4) is 0 Å². The Labute approximate surface area is 150 Å². The van der Waals surface area contributed by atoms with Gasteiger partial charge in [0.2, 0.25) is 5.91 Å². The average Bonchev–Trinajstić information content (AvgIpc) is 3.37. The third-order valence-corrected chi connectivity index (χ3v) is 5.78. The van der Waals surface area contributed by atoms with Gasteiger partial charge in [0.15, 0.2) is 0 Å². The zero-order valence-corrected chi connectivity index (χ0v) is 14.8. The fourth-order valence-electron chi connectivity index (χ4n) is 3.07. The molecule has 0 saturated heterocycles. The van der Waals surface area contributed by atoms with E-state index >= 15 is 0 Å². The van der Waals surface area contributed by atoms with Crippen LogP contribution < -0.4 is 10.6 Å². The van der Waals surface area contributed by atoms with E-state index in [4.69, 9.17) is 0 Å². The van der Waals surface area contributed by atoms with E-state index in [0.29, 0.717) is 29.4 Å². The minimum absolute atomic E-state index is 0.0138. The van der Waals surface area contributed by atoms with Crippen molar-refractivity contribution in [3.05, 3.63) is 36.0 Å². The number of carbonyl (C=O) groups is 2. The average molecular weight is 356 g/mol. The Hall–Kier alpha value is -2.28. The largest absolute Gasteiger partial charge is 0.325 e. The van der Waals surface area contributed by atoms with Gasteiger partial charge in [-0.2, -0.15) is 5.10 Å². The van der Waals surface area contributed by atoms with Crippen molar-refractivity contribution in [3.63, 3.8) is 0 Å². The molecule has 1 unspecified atom stereocenters. The molecule has 0 bridgehead atoms. The van der Waals surface area contributed by atoms with Crippen LogP contribution in [0.2, 0.25) is 0 Å². The lowest BCUT2D eigenvalue weighted by atomic mass is 10.2. The third kappa shape index (κ3) is 3.42. The maximum Gasteiger partial charge on any atom is 0.256 e. The van der Waals surface area contributed by atoms with Gasteiger partial charge in [-0.15, -0.1) is 11.8 Å². The van der Waals surface area contributed by atoms with Gasteiger partial charge in [-0.3, -0.25) is 9.59 Å². The second-order valence-electron chi connectivity index (χ2n) is 6.55. The van der Waals surface area contributed by atoms with Crippen LogP contribution in [0.25, 0.3) is 0 Å². The maximum absolute atomic E-state index is 12.7. The highest BCUT2D eigenvalue weighted by Crippen LogP contribution is 2.40. The van der Waals surface area contributed by atoms with E-state index in [1.807, 2.05) is 16.8 Å². The van der Waals surface area contributed by atoms with Gasteiger partial charge in [0.25, 0.3) is 5.91 Å². The molecule has 25 heavy (non-hydrogen) atoms. The van der Waals surface area contributed by atoms with Gasteiger partial charge in [-0.05, 0) is 43.9 Å². The topological polar surface area (TPSA) is 76.0 Å². The fourth-order valence-corrected chi connectivity index (χ4v) is 4.00. The van der Waals surface area contributed by atoms with E-state index in [1.165, 1.54) is 12.8 Å². The molecule has 1 fully saturated rings. The van der Waals surface area contributed by atoms with Gasteiger partial charge >= 0.3 is 0 Å². The van der Waals surface area contributed by atoms with E-state index in [0.717, 1.165) is 10.6 Å². The number of amides is 2. The molecule has 2 aromatic rings. The van der Waals surface area contributed by atoms with Gasteiger partial charge in [-0.25, -0.2) is 4.68 Å². The first kappa shape index (κ1) is 16.2. The quantitative estimate of drug-likeness (QED) is 0.878. The second kappa shape index (κ2) is 6.55. The first-order valence-corrected chi connectivity index (χ1v) is 9.52. The van der Waals surface area contributed by atoms with E-state index in [1.54, 1.807) is 30.1 Å². The smallest absolute Gasteiger partial charge is 0.256 e. The van der Waals surface area contributed by atoms with Gasteiger partial charge in [-0.1, -0.05) is 0 Å². The van der Waals surface area contributed by atoms with Crippen LogP contribution in [0.4, 0.5) is 11.5 Å². The molecule has 1 aliphatic carbocycles. The van der Waals surface area contributed by atoms with Crippen LogP contribution in [0.15, 0.2) is 35.4 Å². The number of thioether (sulfide) groups is 1. The van der Waals surface area contributed by atoms with Crippen LogP contribution in [-0.2, 0) is 4.79 Å². The van der Waals surface area contributed by atoms with E-state index in [9.17, 15) is 9.59 Å². The zero-order chi connectivity index (χ0) is 17.4. The molecule has 0 spiro atoms. The summed E-state index contributed by atoms with van der Waals surface area (Å²) in [6.07, 6.45) is 4.63. The van der Waals surface area contributed by atoms with Crippen LogP contribution in [-0.4, -0.2) is 27.3 Å². The Morgan fingerprint density at radius 1 is 1.40 bits per heavy atom. The lowest BCUT2D eigenvalue weighted by Crippen LogP contribution is -2.19. The molecule has 2 heterocycles. The monoisotopic (exact) mass is 356 g/mol. The fraction of sp³-hybridized carbons (Fsp3) is 0.389. The summed E-state index contributed by atoms with van der Waals surface area (Å²) in [5.41, 5.74) is 1.23. The van der Waals surface area contributed by atoms with Crippen LogP contribution >= 0.6 is 11.8 Å². The molecule has 1 aliphatic heterocycles. The van der Waals surface area contributed by atoms with Crippen molar-refractivity contribution in [2.45, 2.75) is 37.1 Å². The Kier molecular flexibility index (Phi) is 4.25. The first-order chi connectivity index (χ1) is 12.1. The van der Waals surface area contributed by atoms with Crippen molar-refractivity contribution >= 4 is 35.1 Å². The third-order valence-electron chi connectivity index (χ3n) is 4.70. The van der Waals surface area contributed by atoms with Gasteiger partial charge in [0, 0.05) is 28.7 Å². The Bertz CT molecular complexity index is 828. The summed E-state index contributed by atoms with van der Waals surface area (Å²) in [5.74, 6) is 1.90. The molecule has 2 N–H and O–H groups in total. The van der Waals surface area contributed by atoms with Crippen LogP contribution in [0.5, 0.6) is 0 Å². The molecule has 2 amide bonds. The van der Waals surface area contributed by atoms with Crippen molar-refractivity contribution in [1.82, 2.24) is 9.78 Å². The Balaban J connectivity index is 1.54. The number of fused-ring (bicyclic) bond motifs is 1. The van der Waals surface area contributed by atoms with Crippen molar-refractivity contribution in [2.75, 3.05) is 16.4 Å². The molecule has 2 aliphatic rings. The van der Waals surface area contributed by atoms with Gasteiger partial charge < -0.3 is 10.6 Å². The highest BCUT2D eigenvalue weighted by molar-refractivity contribution is 7.99. The first-order valence-electron chi connectivity index (χ1n) is 8.53. The summed E-state index contributed by atoms with van der Waals surface area (Å²) in [7, 11) is 0. The lowest BCUT2D eigenvalue weighted by molar-refractivity contribution is -0.115. The number of hydrogen-bond acceptors (Lipinski definition) is 4. The number of benzene rings is 1. The van der Waals surface area contributed by atoms with Crippen LogP contribution in [0.1, 0.15) is 42.6 Å². The Morgan fingerprint density at radius 2 is 2.24 bits per heavy atom. The number of anilines is 2. The van der Waals surface area contributed by atoms with Crippen LogP contribution in [0, 0.1) is 5.92 Å². The molecule has 6 nitrogen and oxygen atoms in total. The molecule has 1 atom stereocenters. The van der Waals surface area contributed by atoms with E-state index < -0.39 is 0 Å². The van der Waals surface area contributed by atoms with Crippen molar-refractivity contribution < 1.29 is 9.59 Å². The zero-order valence-electron chi connectivity index (χ0n) is 14.0. The standard InChI is InChI=1S/C18H20N4O2S/c1-11(12-2-3-12)22-16(6-8-19-22)21-18(24)13-4-5-15-14(10-13)20-17(23)7-9-25-15/h4-6,8,10-12H,2-3,7,9H2,1H3,(H,20,23)(H,21,24). The van der Waals surface area contributed by atoms with Gasteiger partial charge in [0.1, 0.15) is 5.82 Å². The number of aromatic nitrogens is 2. The SMILES string of the molecule is CC(C1CC1)n1nccc1NC(=O)c1ccc2c(c1)NC(=O)CCS2. The number of carbonyl (C=O) groups excluding carboxylic acids is 2. The predicted octanol–water partition coefficient (Wildman–Crippen LogP) is 3.54. The molecular formula is C18H20N4O2S. The summed E-state index contributed by atoms with van der Waals surface area (Å²) in [6.45, 7) is 2.13. The minimum atomic E-state index is -0.198. The van der Waals surface area contributed by atoms with E-state index in [-0.39, 0.29) is 17.9 Å². The highest BCUT2D eigenvalue weighted by Gasteiger charge is 2.30. The molecular weight excluding hydrogens is 336 g/mol. The molecule has 7 heteroatoms. The molecule has 1 saturated carbocycles. The number of nitrogens with zero attached hydrogens (tertiary/aromatic N) is 2. The molecule has 130 valence electrons. The highest BCUT2D eigenvalue weighted by atomic mass is 32.2. The number of rotatable bonds is 4. The van der Waals surface area contributed by atoms with E-state index in [2.05, 4.69) is 22.7 Å². The summed E-state index contributed by atoms with van der Waals surface area (Å²) in [4.78, 5) is 25.4. The molecule has 1 aromatic heterocycles. The van der Waals surface area contributed by atoms with Crippen molar-refractivity contribution in [1.29, 1.82) is 0 Å². The summed E-state index contributed by atoms with van der Waals surface area (Å²) in [5, 5.41) is 10.2. The number of nitrogens with one attached hydrogen (secondary N) is 2. The summed E-state index contributed by atoms with van der Waals surface area (Å²) < 4.78 is 1.89. The maximum atomic E-state index is 12.7. The van der Waals surface area contributed by atoms with Crippen molar-refractivity contribution in [2.24, 2.45) is 5.92 Å². The minimum Gasteiger partial charge on any atom is -0.325 e. The van der Waals surface area contributed by atoms with Gasteiger partial charge in [0.05, 0.1) is 17.9 Å². The lowest BCUT2D eigenvalue weighted by Gasteiger charge is -2.15. The molecule has 1 aromatic carbocycles. The predicted molar refractivity (Wildman–Crippen MR) is 98.0 cm³/mol. The number of hydrogen-bond donors (Lipinski definition) is 2. The summed E-state index contributed by atoms with van der Waals surface area (Å²) >= 11 is 1.63. The normalized spacial score (nSPS) is 18.0. The second-order valence-corrected chi connectivity index (χ2v) is 7.69. The summed E-state index contributed by atoms with van der Waals surface area (Å²) in [6, 6.07) is 7.53. The van der Waals surface area contributed by atoms with Crippen LogP contribution in [0.3, 0.4) is 0 Å². The molecule has 0 radical (unpaired) electrons. The molecule has 4 rings (SSSR count).